The molecule has 3 heteroatoms. The molecule has 1 aliphatic carbocycles. The molecule has 0 N–H and O–H groups in total. The Morgan fingerprint density at radius 3 is 2.67 bits per heavy atom. The van der Waals surface area contributed by atoms with E-state index in [1.807, 2.05) is 11.3 Å². The summed E-state index contributed by atoms with van der Waals surface area (Å²) < 4.78 is 1.12. The first kappa shape index (κ1) is 12.4. The topological polar surface area (TPSA) is 12.9 Å². The van der Waals surface area contributed by atoms with Gasteiger partial charge in [-0.05, 0) is 30.9 Å². The van der Waals surface area contributed by atoms with Crippen LogP contribution >= 0.6 is 27.3 Å². The Hall–Kier alpha value is -0.670. The standard InChI is InChI=1S/C15H16BrNS/c1-10-2-3-12(8-10)15-17-14(9-18-15)11-4-6-13(16)7-5-11/h4-7,9-10,12H,2-3,8H2,1H3. The van der Waals surface area contributed by atoms with Crippen LogP contribution in [0.25, 0.3) is 11.3 Å². The molecule has 2 atom stereocenters. The van der Waals surface area contributed by atoms with Crippen molar-refractivity contribution in [3.63, 3.8) is 0 Å². The first-order valence-electron chi connectivity index (χ1n) is 6.44. The maximum Gasteiger partial charge on any atom is 0.0963 e. The summed E-state index contributed by atoms with van der Waals surface area (Å²) >= 11 is 5.29. The molecule has 1 saturated carbocycles. The highest BCUT2D eigenvalue weighted by molar-refractivity contribution is 9.10. The van der Waals surface area contributed by atoms with E-state index in [1.165, 1.54) is 29.8 Å². The molecule has 1 nitrogen and oxygen atoms in total. The van der Waals surface area contributed by atoms with Gasteiger partial charge in [-0.1, -0.05) is 41.4 Å². The van der Waals surface area contributed by atoms with Gasteiger partial charge in [0.1, 0.15) is 0 Å². The minimum absolute atomic E-state index is 0.703. The largest absolute Gasteiger partial charge is 0.241 e. The van der Waals surface area contributed by atoms with Crippen molar-refractivity contribution in [1.29, 1.82) is 0 Å². The highest BCUT2D eigenvalue weighted by atomic mass is 79.9. The molecule has 0 aliphatic heterocycles. The fourth-order valence-electron chi connectivity index (χ4n) is 2.66. The van der Waals surface area contributed by atoms with Gasteiger partial charge in [-0.3, -0.25) is 0 Å². The van der Waals surface area contributed by atoms with Crippen molar-refractivity contribution in [2.75, 3.05) is 0 Å². The van der Waals surface area contributed by atoms with Crippen LogP contribution in [0.3, 0.4) is 0 Å². The third-order valence-corrected chi connectivity index (χ3v) is 5.24. The first-order chi connectivity index (χ1) is 8.72. The Morgan fingerprint density at radius 2 is 2.00 bits per heavy atom. The van der Waals surface area contributed by atoms with E-state index in [4.69, 9.17) is 4.98 Å². The normalized spacial score (nSPS) is 23.4. The van der Waals surface area contributed by atoms with Crippen LogP contribution in [0, 0.1) is 5.92 Å². The quantitative estimate of drug-likeness (QED) is 0.714. The van der Waals surface area contributed by atoms with Crippen LogP contribution in [0.2, 0.25) is 0 Å². The lowest BCUT2D eigenvalue weighted by Gasteiger charge is -2.04. The summed E-state index contributed by atoms with van der Waals surface area (Å²) in [6.45, 7) is 2.35. The Balaban J connectivity index is 1.83. The van der Waals surface area contributed by atoms with Crippen molar-refractivity contribution in [2.45, 2.75) is 32.1 Å². The van der Waals surface area contributed by atoms with Gasteiger partial charge in [-0.25, -0.2) is 4.98 Å². The van der Waals surface area contributed by atoms with Crippen molar-refractivity contribution in [3.05, 3.63) is 39.1 Å². The molecular weight excluding hydrogens is 306 g/mol. The number of hydrogen-bond donors (Lipinski definition) is 0. The first-order valence-corrected chi connectivity index (χ1v) is 8.11. The van der Waals surface area contributed by atoms with E-state index < -0.39 is 0 Å². The second-order valence-corrected chi connectivity index (χ2v) is 7.00. The molecule has 0 radical (unpaired) electrons. The fourth-order valence-corrected chi connectivity index (χ4v) is 3.90. The van der Waals surface area contributed by atoms with Crippen LogP contribution in [0.4, 0.5) is 0 Å². The van der Waals surface area contributed by atoms with Gasteiger partial charge < -0.3 is 0 Å². The van der Waals surface area contributed by atoms with Gasteiger partial charge >= 0.3 is 0 Å². The smallest absolute Gasteiger partial charge is 0.0963 e. The lowest BCUT2D eigenvalue weighted by Crippen LogP contribution is -1.92. The van der Waals surface area contributed by atoms with Crippen molar-refractivity contribution in [3.8, 4) is 11.3 Å². The molecule has 1 aromatic heterocycles. The van der Waals surface area contributed by atoms with Gasteiger partial charge in [0.25, 0.3) is 0 Å². The molecular formula is C15H16BrNS. The summed E-state index contributed by atoms with van der Waals surface area (Å²) in [6.07, 6.45) is 3.99. The molecule has 1 aliphatic rings. The molecule has 1 heterocycles. The van der Waals surface area contributed by atoms with Crippen LogP contribution in [0.5, 0.6) is 0 Å². The Kier molecular flexibility index (Phi) is 3.53. The summed E-state index contributed by atoms with van der Waals surface area (Å²) in [5, 5.41) is 3.53. The predicted molar refractivity (Wildman–Crippen MR) is 81.0 cm³/mol. The van der Waals surface area contributed by atoms with Crippen molar-refractivity contribution in [1.82, 2.24) is 4.98 Å². The molecule has 0 saturated heterocycles. The SMILES string of the molecule is CC1CCC(c2nc(-c3ccc(Br)cc3)cs2)C1. The minimum Gasteiger partial charge on any atom is -0.241 e. The van der Waals surface area contributed by atoms with E-state index in [9.17, 15) is 0 Å². The molecule has 1 aromatic carbocycles. The Labute approximate surface area is 120 Å². The number of rotatable bonds is 2. The molecule has 2 aromatic rings. The summed E-state index contributed by atoms with van der Waals surface area (Å²) in [7, 11) is 0. The monoisotopic (exact) mass is 321 g/mol. The molecule has 1 fully saturated rings. The average molecular weight is 322 g/mol. The Bertz CT molecular complexity index is 532. The number of aromatic nitrogens is 1. The van der Waals surface area contributed by atoms with Gasteiger partial charge in [-0.2, -0.15) is 0 Å². The summed E-state index contributed by atoms with van der Waals surface area (Å²) in [5.41, 5.74) is 2.34. The maximum atomic E-state index is 4.83. The second-order valence-electron chi connectivity index (χ2n) is 5.19. The number of halogens is 1. The van der Waals surface area contributed by atoms with Crippen LogP contribution < -0.4 is 0 Å². The number of benzene rings is 1. The average Bonchev–Trinajstić information content (AvgIpc) is 2.98. The van der Waals surface area contributed by atoms with E-state index in [-0.39, 0.29) is 0 Å². The van der Waals surface area contributed by atoms with Gasteiger partial charge in [0.05, 0.1) is 10.7 Å². The van der Waals surface area contributed by atoms with E-state index >= 15 is 0 Å². The second kappa shape index (κ2) is 5.14. The molecule has 0 spiro atoms. The third kappa shape index (κ3) is 2.52. The number of thiazole rings is 1. The molecule has 3 rings (SSSR count). The zero-order valence-corrected chi connectivity index (χ0v) is 12.8. The maximum absolute atomic E-state index is 4.83. The Morgan fingerprint density at radius 1 is 1.22 bits per heavy atom. The highest BCUT2D eigenvalue weighted by Gasteiger charge is 2.25. The zero-order chi connectivity index (χ0) is 12.5. The molecule has 0 amide bonds. The van der Waals surface area contributed by atoms with Gasteiger partial charge in [0.15, 0.2) is 0 Å². The molecule has 2 unspecified atom stereocenters. The fraction of sp³-hybridized carbons (Fsp3) is 0.400. The lowest BCUT2D eigenvalue weighted by molar-refractivity contribution is 0.596. The van der Waals surface area contributed by atoms with Gasteiger partial charge in [0, 0.05) is 21.3 Å². The summed E-state index contributed by atoms with van der Waals surface area (Å²) in [4.78, 5) is 4.83. The molecule has 0 bridgehead atoms. The lowest BCUT2D eigenvalue weighted by atomic mass is 10.1. The number of nitrogens with zero attached hydrogens (tertiary/aromatic N) is 1. The minimum atomic E-state index is 0.703. The van der Waals surface area contributed by atoms with Gasteiger partial charge in [0.2, 0.25) is 0 Å². The van der Waals surface area contributed by atoms with Crippen LogP contribution in [0.1, 0.15) is 37.1 Å². The zero-order valence-electron chi connectivity index (χ0n) is 10.4. The summed E-state index contributed by atoms with van der Waals surface area (Å²) in [6, 6.07) is 8.40. The predicted octanol–water partition coefficient (Wildman–Crippen LogP) is 5.48. The van der Waals surface area contributed by atoms with Gasteiger partial charge in [-0.15, -0.1) is 11.3 Å². The third-order valence-electron chi connectivity index (χ3n) is 3.71. The van der Waals surface area contributed by atoms with Crippen LogP contribution in [-0.4, -0.2) is 4.98 Å². The van der Waals surface area contributed by atoms with E-state index in [1.54, 1.807) is 0 Å². The summed E-state index contributed by atoms with van der Waals surface area (Å²) in [5.74, 6) is 1.57. The highest BCUT2D eigenvalue weighted by Crippen LogP contribution is 2.40. The van der Waals surface area contributed by atoms with E-state index in [0.717, 1.165) is 16.1 Å². The van der Waals surface area contributed by atoms with E-state index in [0.29, 0.717) is 5.92 Å². The van der Waals surface area contributed by atoms with Crippen molar-refractivity contribution >= 4 is 27.3 Å². The van der Waals surface area contributed by atoms with Crippen molar-refractivity contribution in [2.24, 2.45) is 5.92 Å². The van der Waals surface area contributed by atoms with Crippen molar-refractivity contribution < 1.29 is 0 Å². The van der Waals surface area contributed by atoms with Crippen LogP contribution in [-0.2, 0) is 0 Å². The van der Waals surface area contributed by atoms with Crippen LogP contribution in [0.15, 0.2) is 34.1 Å². The van der Waals surface area contributed by atoms with E-state index in [2.05, 4.69) is 52.5 Å². The molecule has 94 valence electrons. The molecule has 18 heavy (non-hydrogen) atoms. The number of hydrogen-bond acceptors (Lipinski definition) is 2.